The predicted molar refractivity (Wildman–Crippen MR) is 116 cm³/mol. The van der Waals surface area contributed by atoms with Gasteiger partial charge in [0.15, 0.2) is 5.96 Å². The quantitative estimate of drug-likeness (QED) is 0.230. The van der Waals surface area contributed by atoms with E-state index in [0.717, 1.165) is 24.5 Å². The molecule has 8 heteroatoms. The van der Waals surface area contributed by atoms with Gasteiger partial charge in [-0.3, -0.25) is 9.79 Å². The first-order chi connectivity index (χ1) is 12.1. The van der Waals surface area contributed by atoms with Gasteiger partial charge in [-0.1, -0.05) is 12.1 Å². The third-order valence-electron chi connectivity index (χ3n) is 3.48. The summed E-state index contributed by atoms with van der Waals surface area (Å²) < 4.78 is 10.3. The van der Waals surface area contributed by atoms with Crippen LogP contribution in [0.4, 0.5) is 0 Å². The number of aliphatic imine (C=N–C) groups is 1. The van der Waals surface area contributed by atoms with E-state index in [1.165, 1.54) is 0 Å². The van der Waals surface area contributed by atoms with Crippen LogP contribution in [0.25, 0.3) is 0 Å². The van der Waals surface area contributed by atoms with E-state index in [2.05, 4.69) is 15.6 Å². The number of benzene rings is 1. The minimum atomic E-state index is 0. The molecule has 2 N–H and O–H groups in total. The maximum absolute atomic E-state index is 12.0. The number of ether oxygens (including phenoxy) is 2. The number of guanidine groups is 1. The molecule has 1 amide bonds. The van der Waals surface area contributed by atoms with Gasteiger partial charge < -0.3 is 25.0 Å². The highest BCUT2D eigenvalue weighted by atomic mass is 127. The van der Waals surface area contributed by atoms with Crippen LogP contribution in [0, 0.1) is 0 Å². The van der Waals surface area contributed by atoms with Gasteiger partial charge in [-0.2, -0.15) is 0 Å². The van der Waals surface area contributed by atoms with Crippen LogP contribution in [0.1, 0.15) is 15.9 Å². The van der Waals surface area contributed by atoms with Gasteiger partial charge in [-0.05, 0) is 24.1 Å². The van der Waals surface area contributed by atoms with Crippen LogP contribution >= 0.6 is 24.0 Å². The molecule has 0 spiro atoms. The zero-order chi connectivity index (χ0) is 18.5. The summed E-state index contributed by atoms with van der Waals surface area (Å²) in [5.41, 5.74) is 1.82. The van der Waals surface area contributed by atoms with Gasteiger partial charge in [0, 0.05) is 46.9 Å². The van der Waals surface area contributed by atoms with E-state index in [9.17, 15) is 4.79 Å². The van der Waals surface area contributed by atoms with Crippen molar-refractivity contribution in [2.24, 2.45) is 4.99 Å². The molecule has 0 radical (unpaired) electrons. The average Bonchev–Trinajstić information content (AvgIpc) is 2.62. The van der Waals surface area contributed by atoms with E-state index in [-0.39, 0.29) is 29.9 Å². The van der Waals surface area contributed by atoms with Gasteiger partial charge >= 0.3 is 0 Å². The highest BCUT2D eigenvalue weighted by Crippen LogP contribution is 2.07. The van der Waals surface area contributed by atoms with E-state index < -0.39 is 0 Å². The van der Waals surface area contributed by atoms with E-state index in [4.69, 9.17) is 9.47 Å². The standard InChI is InChI=1S/C18H30N4O3.HI/c1-19-18(21-10-11-25-13-12-24-4)20-9-8-15-6-5-7-16(14-15)17(23)22(2)3;/h5-7,14H,8-13H2,1-4H3,(H2,19,20,21);1H. The number of nitrogens with zero attached hydrogens (tertiary/aromatic N) is 2. The number of amides is 1. The van der Waals surface area contributed by atoms with Crippen LogP contribution in [0.3, 0.4) is 0 Å². The highest BCUT2D eigenvalue weighted by Gasteiger charge is 2.08. The van der Waals surface area contributed by atoms with E-state index in [1.54, 1.807) is 33.2 Å². The Morgan fingerprint density at radius 1 is 1.15 bits per heavy atom. The van der Waals surface area contributed by atoms with Crippen molar-refractivity contribution in [2.45, 2.75) is 6.42 Å². The van der Waals surface area contributed by atoms with Gasteiger partial charge in [-0.15, -0.1) is 24.0 Å². The monoisotopic (exact) mass is 478 g/mol. The molecular formula is C18H31IN4O3. The second-order valence-electron chi connectivity index (χ2n) is 5.68. The third-order valence-corrected chi connectivity index (χ3v) is 3.48. The molecule has 0 aromatic heterocycles. The molecule has 0 fully saturated rings. The van der Waals surface area contributed by atoms with Gasteiger partial charge in [0.1, 0.15) is 0 Å². The minimum Gasteiger partial charge on any atom is -0.382 e. The second-order valence-corrected chi connectivity index (χ2v) is 5.68. The van der Waals surface area contributed by atoms with Crippen molar-refractivity contribution in [1.29, 1.82) is 0 Å². The maximum Gasteiger partial charge on any atom is 0.253 e. The van der Waals surface area contributed by atoms with Crippen LogP contribution < -0.4 is 10.6 Å². The number of carbonyl (C=O) groups is 1. The fourth-order valence-electron chi connectivity index (χ4n) is 2.15. The summed E-state index contributed by atoms with van der Waals surface area (Å²) in [6.45, 7) is 3.19. The largest absolute Gasteiger partial charge is 0.382 e. The molecule has 7 nitrogen and oxygen atoms in total. The number of nitrogens with one attached hydrogen (secondary N) is 2. The predicted octanol–water partition coefficient (Wildman–Crippen LogP) is 1.38. The Kier molecular flexibility index (Phi) is 14.0. The molecule has 0 atom stereocenters. The van der Waals surface area contributed by atoms with E-state index >= 15 is 0 Å². The minimum absolute atomic E-state index is 0. The smallest absolute Gasteiger partial charge is 0.253 e. The lowest BCUT2D eigenvalue weighted by Gasteiger charge is -2.13. The molecular weight excluding hydrogens is 447 g/mol. The summed E-state index contributed by atoms with van der Waals surface area (Å²) in [4.78, 5) is 17.8. The summed E-state index contributed by atoms with van der Waals surface area (Å²) >= 11 is 0. The van der Waals surface area contributed by atoms with Gasteiger partial charge in [-0.25, -0.2) is 0 Å². The Hall–Kier alpha value is -1.39. The summed E-state index contributed by atoms with van der Waals surface area (Å²) in [5, 5.41) is 6.44. The SMILES string of the molecule is CN=C(NCCOCCOC)NCCc1cccc(C(=O)N(C)C)c1.I. The molecule has 0 aliphatic rings. The molecule has 1 rings (SSSR count). The Balaban J connectivity index is 0.00000625. The zero-order valence-electron chi connectivity index (χ0n) is 16.1. The van der Waals surface area contributed by atoms with E-state index in [0.29, 0.717) is 31.9 Å². The summed E-state index contributed by atoms with van der Waals surface area (Å²) in [6, 6.07) is 7.71. The molecule has 0 aliphatic heterocycles. The van der Waals surface area contributed by atoms with E-state index in [1.807, 2.05) is 24.3 Å². The Labute approximate surface area is 173 Å². The lowest BCUT2D eigenvalue weighted by molar-refractivity contribution is 0.0733. The van der Waals surface area contributed by atoms with Crippen molar-refractivity contribution in [3.8, 4) is 0 Å². The Morgan fingerprint density at radius 3 is 2.54 bits per heavy atom. The number of carbonyl (C=O) groups excluding carboxylic acids is 1. The topological polar surface area (TPSA) is 75.2 Å². The van der Waals surface area contributed by atoms with Gasteiger partial charge in [0.25, 0.3) is 5.91 Å². The molecule has 1 aromatic carbocycles. The second kappa shape index (κ2) is 14.7. The fourth-order valence-corrected chi connectivity index (χ4v) is 2.15. The van der Waals surface area contributed by atoms with Crippen LogP contribution in [-0.4, -0.2) is 77.9 Å². The molecule has 0 bridgehead atoms. The Morgan fingerprint density at radius 2 is 1.88 bits per heavy atom. The lowest BCUT2D eigenvalue weighted by Crippen LogP contribution is -2.39. The lowest BCUT2D eigenvalue weighted by atomic mass is 10.1. The van der Waals surface area contributed by atoms with Crippen LogP contribution in [0.15, 0.2) is 29.3 Å². The summed E-state index contributed by atoms with van der Waals surface area (Å²) in [6.07, 6.45) is 0.805. The van der Waals surface area contributed by atoms with Gasteiger partial charge in [0.05, 0.1) is 19.8 Å². The molecule has 0 aliphatic carbocycles. The van der Waals surface area contributed by atoms with Crippen molar-refractivity contribution < 1.29 is 14.3 Å². The van der Waals surface area contributed by atoms with Gasteiger partial charge in [0.2, 0.25) is 0 Å². The first kappa shape index (κ1) is 24.6. The maximum atomic E-state index is 12.0. The first-order valence-corrected chi connectivity index (χ1v) is 8.40. The highest BCUT2D eigenvalue weighted by molar-refractivity contribution is 14.0. The van der Waals surface area contributed by atoms with Crippen LogP contribution in [0.5, 0.6) is 0 Å². The number of hydrogen-bond donors (Lipinski definition) is 2. The Bertz CT molecular complexity index is 553. The van der Waals surface area contributed by atoms with Crippen LogP contribution in [0.2, 0.25) is 0 Å². The number of halogens is 1. The van der Waals surface area contributed by atoms with Crippen LogP contribution in [-0.2, 0) is 15.9 Å². The molecule has 0 saturated carbocycles. The number of hydrogen-bond acceptors (Lipinski definition) is 4. The molecule has 0 saturated heterocycles. The molecule has 1 aromatic rings. The van der Waals surface area contributed by atoms with Crippen molar-refractivity contribution >= 4 is 35.8 Å². The summed E-state index contributed by atoms with van der Waals surface area (Å²) in [5.74, 6) is 0.747. The number of methoxy groups -OCH3 is 1. The van der Waals surface area contributed by atoms with Crippen molar-refractivity contribution in [3.63, 3.8) is 0 Å². The molecule has 0 unspecified atom stereocenters. The average molecular weight is 478 g/mol. The van der Waals surface area contributed by atoms with Crippen molar-refractivity contribution in [3.05, 3.63) is 35.4 Å². The molecule has 148 valence electrons. The zero-order valence-corrected chi connectivity index (χ0v) is 18.4. The number of rotatable bonds is 10. The summed E-state index contributed by atoms with van der Waals surface area (Å²) in [7, 11) is 6.90. The van der Waals surface area contributed by atoms with Crippen molar-refractivity contribution in [1.82, 2.24) is 15.5 Å². The third kappa shape index (κ3) is 9.93. The normalized spacial score (nSPS) is 10.8. The fraction of sp³-hybridized carbons (Fsp3) is 0.556. The van der Waals surface area contributed by atoms with Crippen molar-refractivity contribution in [2.75, 3.05) is 61.2 Å². The molecule has 26 heavy (non-hydrogen) atoms. The molecule has 0 heterocycles. The first-order valence-electron chi connectivity index (χ1n) is 8.40.